The van der Waals surface area contributed by atoms with Gasteiger partial charge in [0.25, 0.3) is 5.91 Å². The molecule has 2 aliphatic rings. The fraction of sp³-hybridized carbons (Fsp3) is 0.417. The van der Waals surface area contributed by atoms with Crippen LogP contribution in [0.1, 0.15) is 70.3 Å². The van der Waals surface area contributed by atoms with Crippen molar-refractivity contribution in [3.05, 3.63) is 93.8 Å². The highest BCUT2D eigenvalue weighted by molar-refractivity contribution is 6.24. The Bertz CT molecular complexity index is 1530. The van der Waals surface area contributed by atoms with Gasteiger partial charge in [-0.3, -0.25) is 14.4 Å². The molecule has 4 N–H and O–H groups in total. The monoisotopic (exact) mass is 631 g/mol. The van der Waals surface area contributed by atoms with Gasteiger partial charge >= 0.3 is 6.09 Å². The molecular weight excluding hydrogens is 588 g/mol. The first-order valence-corrected chi connectivity index (χ1v) is 15.4. The number of carboxylic acid groups (broad SMARTS) is 1. The van der Waals surface area contributed by atoms with Crippen molar-refractivity contribution in [2.75, 3.05) is 0 Å². The van der Waals surface area contributed by atoms with Gasteiger partial charge in [-0.2, -0.15) is 0 Å². The van der Waals surface area contributed by atoms with Crippen molar-refractivity contribution < 1.29 is 38.9 Å². The minimum atomic E-state index is -1.32. The largest absolute Gasteiger partial charge is 0.545 e. The number of ether oxygens (including phenoxy) is 1. The lowest BCUT2D eigenvalue weighted by Crippen LogP contribution is -2.33. The van der Waals surface area contributed by atoms with Crippen LogP contribution in [0.15, 0.2) is 82.6 Å². The number of aliphatic hydroxyl groups excluding tert-OH is 1. The SMILES string of the molecule is C/C1=C\C=C/[C@H](C)[C@@H](OC(N)=O)/C(C)=C/[C@H](C)[C@@H](O)C(C)C[C@H](C)CC2=C(Cc3ccc(C(=O)[O-])cc3)C(=O)C=C(NC1=O)C2=O. The van der Waals surface area contributed by atoms with Gasteiger partial charge in [-0.15, -0.1) is 0 Å². The molecule has 2 bridgehead atoms. The molecule has 0 spiro atoms. The Morgan fingerprint density at radius 2 is 1.70 bits per heavy atom. The van der Waals surface area contributed by atoms with Crippen LogP contribution in [0.5, 0.6) is 0 Å². The number of ketones is 2. The molecule has 1 aromatic rings. The molecular formula is C36H43N2O8-. The summed E-state index contributed by atoms with van der Waals surface area (Å²) in [6.07, 6.45) is 6.36. The highest BCUT2D eigenvalue weighted by Crippen LogP contribution is 2.32. The summed E-state index contributed by atoms with van der Waals surface area (Å²) in [5, 5.41) is 25.0. The summed E-state index contributed by atoms with van der Waals surface area (Å²) in [6.45, 7) is 10.9. The number of Topliss-reactive ketones (excluding diaryl/α,β-unsaturated/α-hetero) is 1. The molecule has 1 heterocycles. The predicted octanol–water partition coefficient (Wildman–Crippen LogP) is 3.65. The number of amides is 2. The number of carboxylic acids is 1. The summed E-state index contributed by atoms with van der Waals surface area (Å²) in [5.74, 6) is -3.77. The minimum Gasteiger partial charge on any atom is -0.545 e. The number of aromatic carboxylic acids is 1. The molecule has 6 atom stereocenters. The molecule has 0 aromatic heterocycles. The Morgan fingerprint density at radius 3 is 2.30 bits per heavy atom. The van der Waals surface area contributed by atoms with E-state index >= 15 is 0 Å². The van der Waals surface area contributed by atoms with Crippen molar-refractivity contribution in [1.82, 2.24) is 5.32 Å². The molecule has 1 aliphatic carbocycles. The molecule has 1 unspecified atom stereocenters. The summed E-state index contributed by atoms with van der Waals surface area (Å²) in [6, 6.07) is 5.91. The minimum absolute atomic E-state index is 0.00617. The van der Waals surface area contributed by atoms with Crippen LogP contribution in [0.2, 0.25) is 0 Å². The Hall–Kier alpha value is -4.57. The van der Waals surface area contributed by atoms with Crippen molar-refractivity contribution in [2.24, 2.45) is 29.4 Å². The van der Waals surface area contributed by atoms with Gasteiger partial charge in [0, 0.05) is 41.1 Å². The number of hydrogen-bond donors (Lipinski definition) is 3. The lowest BCUT2D eigenvalue weighted by Gasteiger charge is -2.28. The molecule has 0 fully saturated rings. The lowest BCUT2D eigenvalue weighted by molar-refractivity contribution is -0.255. The number of aliphatic hydroxyl groups is 1. The normalized spacial score (nSPS) is 29.9. The lowest BCUT2D eigenvalue weighted by atomic mass is 9.80. The summed E-state index contributed by atoms with van der Waals surface area (Å²) < 4.78 is 5.41. The maximum absolute atomic E-state index is 13.8. The molecule has 1 aromatic carbocycles. The van der Waals surface area contributed by atoms with Gasteiger partial charge in [-0.25, -0.2) is 4.79 Å². The molecule has 10 heteroatoms. The number of nitrogens with two attached hydrogens (primary N) is 1. The van der Waals surface area contributed by atoms with Crippen LogP contribution in [0, 0.1) is 23.7 Å². The van der Waals surface area contributed by atoms with E-state index in [4.69, 9.17) is 10.5 Å². The van der Waals surface area contributed by atoms with Gasteiger partial charge in [0.2, 0.25) is 5.78 Å². The van der Waals surface area contributed by atoms with E-state index in [2.05, 4.69) is 5.32 Å². The van der Waals surface area contributed by atoms with Crippen molar-refractivity contribution in [1.29, 1.82) is 0 Å². The average Bonchev–Trinajstić information content (AvgIpc) is 2.98. The first-order chi connectivity index (χ1) is 21.6. The number of carbonyl (C=O) groups is 5. The number of fused-ring (bicyclic) bond motifs is 2. The van der Waals surface area contributed by atoms with Crippen LogP contribution in [-0.4, -0.2) is 46.9 Å². The third kappa shape index (κ3) is 9.23. The quantitative estimate of drug-likeness (QED) is 0.333. The first-order valence-electron chi connectivity index (χ1n) is 15.4. The molecule has 0 radical (unpaired) electrons. The van der Waals surface area contributed by atoms with E-state index < -0.39 is 41.7 Å². The van der Waals surface area contributed by atoms with E-state index in [1.165, 1.54) is 12.1 Å². The third-order valence-corrected chi connectivity index (χ3v) is 8.54. The second-order valence-corrected chi connectivity index (χ2v) is 12.6. The average molecular weight is 632 g/mol. The topological polar surface area (TPSA) is 176 Å². The summed E-state index contributed by atoms with van der Waals surface area (Å²) in [5.41, 5.74) is 7.37. The van der Waals surface area contributed by atoms with E-state index in [1.807, 2.05) is 40.7 Å². The zero-order valence-corrected chi connectivity index (χ0v) is 27.2. The van der Waals surface area contributed by atoms with E-state index in [0.29, 0.717) is 17.6 Å². The van der Waals surface area contributed by atoms with E-state index in [-0.39, 0.29) is 64.5 Å². The number of nitrogens with one attached hydrogen (secondary N) is 1. The van der Waals surface area contributed by atoms with Crippen LogP contribution in [0.4, 0.5) is 4.79 Å². The van der Waals surface area contributed by atoms with Crippen LogP contribution in [-0.2, 0) is 25.5 Å². The van der Waals surface area contributed by atoms with Crippen LogP contribution < -0.4 is 16.2 Å². The zero-order valence-electron chi connectivity index (χ0n) is 27.2. The zero-order chi connectivity index (χ0) is 34.3. The Labute approximate surface area is 269 Å². The van der Waals surface area contributed by atoms with Gasteiger partial charge in [0.15, 0.2) is 5.78 Å². The Balaban J connectivity index is 2.05. The number of allylic oxidation sites excluding steroid dienone is 5. The van der Waals surface area contributed by atoms with Gasteiger partial charge in [-0.1, -0.05) is 76.3 Å². The predicted molar refractivity (Wildman–Crippen MR) is 171 cm³/mol. The number of rotatable bonds is 4. The molecule has 2 amide bonds. The second-order valence-electron chi connectivity index (χ2n) is 12.6. The van der Waals surface area contributed by atoms with Crippen LogP contribution >= 0.6 is 0 Å². The van der Waals surface area contributed by atoms with E-state index in [9.17, 15) is 34.2 Å². The Morgan fingerprint density at radius 1 is 1.04 bits per heavy atom. The number of benzene rings is 1. The maximum atomic E-state index is 13.8. The third-order valence-electron chi connectivity index (χ3n) is 8.54. The van der Waals surface area contributed by atoms with Crippen molar-refractivity contribution in [3.63, 3.8) is 0 Å². The van der Waals surface area contributed by atoms with Gasteiger partial charge < -0.3 is 30.8 Å². The number of hydrogen-bond acceptors (Lipinski definition) is 8. The van der Waals surface area contributed by atoms with Crippen LogP contribution in [0.3, 0.4) is 0 Å². The van der Waals surface area contributed by atoms with Crippen LogP contribution in [0.25, 0.3) is 0 Å². The molecule has 246 valence electrons. The standard InChI is InChI=1S/C36H44N2O8/c1-19-14-22(4)31(40)23(5)16-24(6)33(46-36(37)45)20(2)8-7-9-21(3)34(42)38-29-18-30(39)27(28(15-19)32(29)41)17-25-10-12-26(13-11-25)35(43)44/h7-13,16,18-20,22-23,31,33,40H,14-15,17H2,1-6H3,(H2,37,45)(H,38,42)(H,43,44)/p-1/b8-7-,21-9+,24-16+/t19-,20-,22?,23-,31-,33+/m0/s1. The van der Waals surface area contributed by atoms with E-state index in [0.717, 1.165) is 6.08 Å². The maximum Gasteiger partial charge on any atom is 0.405 e. The number of carbonyl (C=O) groups excluding carboxylic acids is 5. The molecule has 1 aliphatic heterocycles. The number of primary amides is 1. The molecule has 0 saturated heterocycles. The highest BCUT2D eigenvalue weighted by atomic mass is 16.6. The van der Waals surface area contributed by atoms with E-state index in [1.54, 1.807) is 37.3 Å². The molecule has 0 saturated carbocycles. The molecule has 46 heavy (non-hydrogen) atoms. The Kier molecular flexibility index (Phi) is 12.2. The smallest absolute Gasteiger partial charge is 0.405 e. The van der Waals surface area contributed by atoms with Gasteiger partial charge in [0.05, 0.1) is 17.8 Å². The summed E-state index contributed by atoms with van der Waals surface area (Å²) in [4.78, 5) is 63.3. The van der Waals surface area contributed by atoms with Crippen molar-refractivity contribution >= 4 is 29.5 Å². The molecule has 3 rings (SSSR count). The fourth-order valence-electron chi connectivity index (χ4n) is 6.04. The van der Waals surface area contributed by atoms with Gasteiger partial charge in [-0.05, 0) is 55.2 Å². The molecule has 10 nitrogen and oxygen atoms in total. The first kappa shape index (κ1) is 35.9. The fourth-order valence-corrected chi connectivity index (χ4v) is 6.04. The highest BCUT2D eigenvalue weighted by Gasteiger charge is 2.32. The summed E-state index contributed by atoms with van der Waals surface area (Å²) >= 11 is 0. The van der Waals surface area contributed by atoms with Crippen molar-refractivity contribution in [3.8, 4) is 0 Å². The summed E-state index contributed by atoms with van der Waals surface area (Å²) in [7, 11) is 0. The van der Waals surface area contributed by atoms with Gasteiger partial charge in [0.1, 0.15) is 6.10 Å². The second kappa shape index (κ2) is 15.6. The van der Waals surface area contributed by atoms with Crippen molar-refractivity contribution in [2.45, 2.75) is 73.0 Å².